The van der Waals surface area contributed by atoms with Crippen molar-refractivity contribution in [2.45, 2.75) is 13.3 Å². The first-order chi connectivity index (χ1) is 10.1. The molecule has 0 aliphatic heterocycles. The standard InChI is InChI=1S/C16H15BrFNO2/c1-2-11-3-6-13(7-4-11)19-16(20)10-21-15-8-5-12(17)9-14(15)18/h3-9H,2,10H2,1H3,(H,19,20). The highest BCUT2D eigenvalue weighted by molar-refractivity contribution is 9.10. The quantitative estimate of drug-likeness (QED) is 0.877. The van der Waals surface area contributed by atoms with Gasteiger partial charge in [0.2, 0.25) is 0 Å². The summed E-state index contributed by atoms with van der Waals surface area (Å²) < 4.78 is 19.3. The SMILES string of the molecule is CCc1ccc(NC(=O)COc2ccc(Br)cc2F)cc1. The lowest BCUT2D eigenvalue weighted by atomic mass is 10.1. The molecule has 0 aromatic heterocycles. The van der Waals surface area contributed by atoms with Gasteiger partial charge in [0.05, 0.1) is 0 Å². The van der Waals surface area contributed by atoms with Crippen molar-refractivity contribution in [3.05, 3.63) is 58.3 Å². The van der Waals surface area contributed by atoms with E-state index in [9.17, 15) is 9.18 Å². The van der Waals surface area contributed by atoms with Gasteiger partial charge in [-0.3, -0.25) is 4.79 Å². The van der Waals surface area contributed by atoms with Crippen molar-refractivity contribution in [3.63, 3.8) is 0 Å². The Labute approximate surface area is 131 Å². The van der Waals surface area contributed by atoms with E-state index < -0.39 is 5.82 Å². The number of aryl methyl sites for hydroxylation is 1. The van der Waals surface area contributed by atoms with E-state index in [4.69, 9.17) is 4.74 Å². The summed E-state index contributed by atoms with van der Waals surface area (Å²) in [6, 6.07) is 12.0. The second-order valence-corrected chi connectivity index (χ2v) is 5.38. The summed E-state index contributed by atoms with van der Waals surface area (Å²) in [6.07, 6.45) is 0.945. The van der Waals surface area contributed by atoms with E-state index in [2.05, 4.69) is 28.2 Å². The molecule has 5 heteroatoms. The van der Waals surface area contributed by atoms with Crippen molar-refractivity contribution in [2.24, 2.45) is 0 Å². The van der Waals surface area contributed by atoms with E-state index in [1.54, 1.807) is 6.07 Å². The number of benzene rings is 2. The maximum Gasteiger partial charge on any atom is 0.262 e. The zero-order valence-corrected chi connectivity index (χ0v) is 13.1. The van der Waals surface area contributed by atoms with Crippen LogP contribution in [0.3, 0.4) is 0 Å². The highest BCUT2D eigenvalue weighted by Crippen LogP contribution is 2.21. The molecule has 0 aliphatic carbocycles. The Bertz CT molecular complexity index is 629. The Balaban J connectivity index is 1.89. The number of hydrogen-bond donors (Lipinski definition) is 1. The molecular formula is C16H15BrFNO2. The van der Waals surface area contributed by atoms with E-state index in [0.717, 1.165) is 6.42 Å². The first kappa shape index (κ1) is 15.5. The molecule has 2 aromatic carbocycles. The lowest BCUT2D eigenvalue weighted by molar-refractivity contribution is -0.118. The zero-order valence-electron chi connectivity index (χ0n) is 11.5. The molecule has 0 aliphatic rings. The van der Waals surface area contributed by atoms with Crippen LogP contribution in [-0.2, 0) is 11.2 Å². The largest absolute Gasteiger partial charge is 0.481 e. The monoisotopic (exact) mass is 351 g/mol. The van der Waals surface area contributed by atoms with Gasteiger partial charge >= 0.3 is 0 Å². The molecule has 0 saturated carbocycles. The molecule has 0 atom stereocenters. The van der Waals surface area contributed by atoms with Crippen molar-refractivity contribution in [2.75, 3.05) is 11.9 Å². The third kappa shape index (κ3) is 4.56. The topological polar surface area (TPSA) is 38.3 Å². The van der Waals surface area contributed by atoms with Gasteiger partial charge in [0.15, 0.2) is 18.2 Å². The molecule has 0 unspecified atom stereocenters. The third-order valence-electron chi connectivity index (χ3n) is 2.90. The average Bonchev–Trinajstić information content (AvgIpc) is 2.47. The van der Waals surface area contributed by atoms with Crippen LogP contribution in [0, 0.1) is 5.82 Å². The molecule has 3 nitrogen and oxygen atoms in total. The average molecular weight is 352 g/mol. The minimum atomic E-state index is -0.510. The van der Waals surface area contributed by atoms with Crippen LogP contribution in [0.25, 0.3) is 0 Å². The van der Waals surface area contributed by atoms with Crippen LogP contribution >= 0.6 is 15.9 Å². The van der Waals surface area contributed by atoms with Crippen LogP contribution in [0.4, 0.5) is 10.1 Å². The van der Waals surface area contributed by atoms with Crippen LogP contribution in [0.1, 0.15) is 12.5 Å². The molecule has 2 aromatic rings. The molecule has 0 bridgehead atoms. The smallest absolute Gasteiger partial charge is 0.262 e. The van der Waals surface area contributed by atoms with Crippen LogP contribution in [0.5, 0.6) is 5.75 Å². The number of carbonyl (C=O) groups is 1. The molecule has 21 heavy (non-hydrogen) atoms. The van der Waals surface area contributed by atoms with Gasteiger partial charge in [0.25, 0.3) is 5.91 Å². The molecule has 0 spiro atoms. The van der Waals surface area contributed by atoms with Gasteiger partial charge in [-0.1, -0.05) is 35.0 Å². The summed E-state index contributed by atoms with van der Waals surface area (Å²) in [6.45, 7) is 1.82. The number of anilines is 1. The number of halogens is 2. The van der Waals surface area contributed by atoms with Gasteiger partial charge < -0.3 is 10.1 Å². The summed E-state index contributed by atoms with van der Waals surface area (Å²) in [7, 11) is 0. The predicted octanol–water partition coefficient (Wildman–Crippen LogP) is 4.17. The summed E-state index contributed by atoms with van der Waals surface area (Å²) in [5.41, 5.74) is 1.89. The molecule has 0 radical (unpaired) electrons. The molecule has 1 amide bonds. The molecule has 110 valence electrons. The van der Waals surface area contributed by atoms with Crippen molar-refractivity contribution < 1.29 is 13.9 Å². The van der Waals surface area contributed by atoms with Gasteiger partial charge in [0.1, 0.15) is 0 Å². The van der Waals surface area contributed by atoms with Gasteiger partial charge in [-0.15, -0.1) is 0 Å². The first-order valence-corrected chi connectivity index (χ1v) is 7.34. The normalized spacial score (nSPS) is 10.2. The highest BCUT2D eigenvalue weighted by Gasteiger charge is 2.07. The summed E-state index contributed by atoms with van der Waals surface area (Å²) >= 11 is 3.16. The van der Waals surface area contributed by atoms with E-state index in [-0.39, 0.29) is 18.3 Å². The Kier molecular flexibility index (Phi) is 5.33. The maximum atomic E-state index is 13.5. The number of nitrogens with one attached hydrogen (secondary N) is 1. The molecular weight excluding hydrogens is 337 g/mol. The van der Waals surface area contributed by atoms with Gasteiger partial charge in [-0.2, -0.15) is 0 Å². The first-order valence-electron chi connectivity index (χ1n) is 6.55. The molecule has 0 heterocycles. The van der Waals surface area contributed by atoms with Crippen molar-refractivity contribution >= 4 is 27.5 Å². The fourth-order valence-electron chi connectivity index (χ4n) is 1.76. The summed E-state index contributed by atoms with van der Waals surface area (Å²) in [5, 5.41) is 2.70. The lowest BCUT2D eigenvalue weighted by Crippen LogP contribution is -2.20. The van der Waals surface area contributed by atoms with Gasteiger partial charge in [0, 0.05) is 10.2 Å². The van der Waals surface area contributed by atoms with Crippen LogP contribution in [0.15, 0.2) is 46.9 Å². The third-order valence-corrected chi connectivity index (χ3v) is 3.39. The lowest BCUT2D eigenvalue weighted by Gasteiger charge is -2.09. The minimum absolute atomic E-state index is 0.0506. The Hall–Kier alpha value is -1.88. The van der Waals surface area contributed by atoms with Crippen molar-refractivity contribution in [1.29, 1.82) is 0 Å². The Morgan fingerprint density at radius 3 is 2.57 bits per heavy atom. The van der Waals surface area contributed by atoms with E-state index in [0.29, 0.717) is 10.2 Å². The fourth-order valence-corrected chi connectivity index (χ4v) is 2.09. The zero-order chi connectivity index (χ0) is 15.2. The summed E-state index contributed by atoms with van der Waals surface area (Å²) in [4.78, 5) is 11.8. The van der Waals surface area contributed by atoms with Gasteiger partial charge in [-0.25, -0.2) is 4.39 Å². The Morgan fingerprint density at radius 1 is 1.24 bits per heavy atom. The number of amides is 1. The van der Waals surface area contributed by atoms with E-state index >= 15 is 0 Å². The second-order valence-electron chi connectivity index (χ2n) is 4.46. The molecule has 2 rings (SSSR count). The maximum absolute atomic E-state index is 13.5. The predicted molar refractivity (Wildman–Crippen MR) is 84.0 cm³/mol. The molecule has 0 fully saturated rings. The highest BCUT2D eigenvalue weighted by atomic mass is 79.9. The van der Waals surface area contributed by atoms with Crippen LogP contribution in [-0.4, -0.2) is 12.5 Å². The van der Waals surface area contributed by atoms with E-state index in [1.165, 1.54) is 17.7 Å². The molecule has 0 saturated heterocycles. The van der Waals surface area contributed by atoms with Crippen molar-refractivity contribution in [3.8, 4) is 5.75 Å². The number of hydrogen-bond acceptors (Lipinski definition) is 2. The number of rotatable bonds is 5. The minimum Gasteiger partial charge on any atom is -0.481 e. The van der Waals surface area contributed by atoms with Gasteiger partial charge in [-0.05, 0) is 42.3 Å². The van der Waals surface area contributed by atoms with Crippen LogP contribution in [0.2, 0.25) is 0 Å². The van der Waals surface area contributed by atoms with Crippen molar-refractivity contribution in [1.82, 2.24) is 0 Å². The summed E-state index contributed by atoms with van der Waals surface area (Å²) in [5.74, 6) is -0.791. The fraction of sp³-hybridized carbons (Fsp3) is 0.188. The Morgan fingerprint density at radius 2 is 1.95 bits per heavy atom. The second kappa shape index (κ2) is 7.22. The molecule has 1 N–H and O–H groups in total. The number of carbonyl (C=O) groups excluding carboxylic acids is 1. The number of ether oxygens (including phenoxy) is 1. The van der Waals surface area contributed by atoms with Crippen LogP contribution < -0.4 is 10.1 Å². The van der Waals surface area contributed by atoms with E-state index in [1.807, 2.05) is 24.3 Å².